The maximum Gasteiger partial charge on any atom is 0.407 e. The molecule has 1 aliphatic carbocycles. The highest BCUT2D eigenvalue weighted by Gasteiger charge is 2.31. The van der Waals surface area contributed by atoms with Crippen LogP contribution in [0.2, 0.25) is 5.02 Å². The van der Waals surface area contributed by atoms with Gasteiger partial charge in [-0.1, -0.05) is 67.1 Å². The molecule has 2 amide bonds. The Kier molecular flexibility index (Phi) is 7.36. The van der Waals surface area contributed by atoms with Crippen molar-refractivity contribution >= 4 is 35.3 Å². The Hall–Kier alpha value is -3.84. The van der Waals surface area contributed by atoms with E-state index in [2.05, 4.69) is 5.32 Å². The summed E-state index contributed by atoms with van der Waals surface area (Å²) in [6.07, 6.45) is -0.481. The molecule has 35 heavy (non-hydrogen) atoms. The Bertz CT molecular complexity index is 1200. The number of amides is 2. The van der Waals surface area contributed by atoms with E-state index < -0.39 is 30.6 Å². The number of benzene rings is 3. The van der Waals surface area contributed by atoms with Crippen molar-refractivity contribution in [2.24, 2.45) is 0 Å². The lowest BCUT2D eigenvalue weighted by Gasteiger charge is -2.26. The fourth-order valence-corrected chi connectivity index (χ4v) is 4.49. The van der Waals surface area contributed by atoms with Crippen molar-refractivity contribution in [1.82, 2.24) is 5.32 Å². The number of carboxylic acid groups (broad SMARTS) is 1. The molecule has 8 heteroatoms. The average molecular weight is 493 g/mol. The molecular weight excluding hydrogens is 468 g/mol. The van der Waals surface area contributed by atoms with E-state index in [1.807, 2.05) is 48.5 Å². The van der Waals surface area contributed by atoms with Crippen molar-refractivity contribution in [2.45, 2.75) is 25.3 Å². The van der Waals surface area contributed by atoms with Gasteiger partial charge in [-0.25, -0.2) is 4.79 Å². The quantitative estimate of drug-likeness (QED) is 0.457. The summed E-state index contributed by atoms with van der Waals surface area (Å²) in [4.78, 5) is 38.4. The number of anilines is 1. The molecule has 0 saturated carbocycles. The van der Waals surface area contributed by atoms with Crippen molar-refractivity contribution in [3.8, 4) is 11.1 Å². The Morgan fingerprint density at radius 3 is 2.09 bits per heavy atom. The number of nitrogens with one attached hydrogen (secondary N) is 1. The van der Waals surface area contributed by atoms with E-state index in [0.717, 1.165) is 27.2 Å². The minimum atomic E-state index is -1.18. The second-order valence-electron chi connectivity index (χ2n) is 8.23. The Morgan fingerprint density at radius 1 is 0.971 bits per heavy atom. The summed E-state index contributed by atoms with van der Waals surface area (Å²) in [6, 6.07) is 21.3. The van der Waals surface area contributed by atoms with Crippen LogP contribution in [0, 0.1) is 0 Å². The number of hydrogen-bond acceptors (Lipinski definition) is 4. The molecule has 1 atom stereocenters. The summed E-state index contributed by atoms with van der Waals surface area (Å²) < 4.78 is 5.55. The second kappa shape index (κ2) is 10.6. The number of carboxylic acids is 1. The van der Waals surface area contributed by atoms with Crippen LogP contribution in [0.4, 0.5) is 10.5 Å². The first-order valence-corrected chi connectivity index (χ1v) is 11.7. The van der Waals surface area contributed by atoms with Gasteiger partial charge in [0.1, 0.15) is 19.2 Å². The van der Waals surface area contributed by atoms with Crippen molar-refractivity contribution in [3.63, 3.8) is 0 Å². The van der Waals surface area contributed by atoms with Gasteiger partial charge >= 0.3 is 12.1 Å². The molecule has 0 unspecified atom stereocenters. The molecule has 4 rings (SSSR count). The number of halogens is 1. The van der Waals surface area contributed by atoms with Crippen molar-refractivity contribution < 1.29 is 24.2 Å². The highest BCUT2D eigenvalue weighted by atomic mass is 35.5. The predicted octanol–water partition coefficient (Wildman–Crippen LogP) is 5.07. The van der Waals surface area contributed by atoms with E-state index in [9.17, 15) is 19.5 Å². The summed E-state index contributed by atoms with van der Waals surface area (Å²) in [7, 11) is 0. The van der Waals surface area contributed by atoms with E-state index in [1.54, 1.807) is 31.2 Å². The molecule has 0 bridgehead atoms. The lowest BCUT2D eigenvalue weighted by molar-refractivity contribution is -0.136. The van der Waals surface area contributed by atoms with Gasteiger partial charge in [0.15, 0.2) is 0 Å². The van der Waals surface area contributed by atoms with Crippen LogP contribution in [0.1, 0.15) is 30.4 Å². The number of hydrogen-bond donors (Lipinski definition) is 2. The molecular formula is C27H25ClN2O5. The van der Waals surface area contributed by atoms with Crippen molar-refractivity contribution in [3.05, 3.63) is 88.9 Å². The van der Waals surface area contributed by atoms with E-state index in [-0.39, 0.29) is 18.9 Å². The molecule has 0 radical (unpaired) electrons. The maximum absolute atomic E-state index is 13.2. The lowest BCUT2D eigenvalue weighted by Crippen LogP contribution is -2.50. The van der Waals surface area contributed by atoms with Gasteiger partial charge in [-0.2, -0.15) is 0 Å². The monoisotopic (exact) mass is 492 g/mol. The Morgan fingerprint density at radius 2 is 1.54 bits per heavy atom. The van der Waals surface area contributed by atoms with Gasteiger partial charge in [-0.3, -0.25) is 14.5 Å². The van der Waals surface area contributed by atoms with Crippen LogP contribution in [-0.4, -0.2) is 42.3 Å². The normalized spacial score (nSPS) is 12.9. The second-order valence-corrected chi connectivity index (χ2v) is 8.66. The number of alkyl carbamates (subject to hydrolysis) is 1. The van der Waals surface area contributed by atoms with E-state index >= 15 is 0 Å². The minimum absolute atomic E-state index is 0.110. The molecule has 1 aliphatic rings. The highest BCUT2D eigenvalue weighted by molar-refractivity contribution is 6.30. The SMILES string of the molecule is CC[C@@H](NC(=O)OCC1c2ccccc2-c2ccccc21)C(=O)N(CC(=O)O)c1ccc(Cl)cc1. The lowest BCUT2D eigenvalue weighted by atomic mass is 9.98. The third kappa shape index (κ3) is 5.30. The number of fused-ring (bicyclic) bond motifs is 3. The smallest absolute Gasteiger partial charge is 0.407 e. The predicted molar refractivity (Wildman–Crippen MR) is 134 cm³/mol. The zero-order chi connectivity index (χ0) is 24.9. The molecule has 180 valence electrons. The molecule has 0 aliphatic heterocycles. The molecule has 3 aromatic rings. The number of aliphatic carboxylic acids is 1. The molecule has 0 saturated heterocycles. The first-order chi connectivity index (χ1) is 16.9. The molecule has 0 aromatic heterocycles. The summed E-state index contributed by atoms with van der Waals surface area (Å²) in [5.41, 5.74) is 4.77. The number of rotatable bonds is 8. The van der Waals surface area contributed by atoms with Gasteiger partial charge in [-0.05, 0) is 52.9 Å². The van der Waals surface area contributed by atoms with Crippen LogP contribution in [0.3, 0.4) is 0 Å². The summed E-state index contributed by atoms with van der Waals surface area (Å²) in [5.74, 6) is -1.84. The first kappa shape index (κ1) is 24.3. The molecule has 0 spiro atoms. The molecule has 0 heterocycles. The van der Waals surface area contributed by atoms with Gasteiger partial charge in [0, 0.05) is 16.6 Å². The minimum Gasteiger partial charge on any atom is -0.480 e. The zero-order valence-corrected chi connectivity index (χ0v) is 19.9. The Balaban J connectivity index is 1.45. The largest absolute Gasteiger partial charge is 0.480 e. The van der Waals surface area contributed by atoms with Gasteiger partial charge in [-0.15, -0.1) is 0 Å². The Labute approximate surface area is 208 Å². The molecule has 2 N–H and O–H groups in total. The fraction of sp³-hybridized carbons (Fsp3) is 0.222. The number of carbonyl (C=O) groups is 3. The summed E-state index contributed by atoms with van der Waals surface area (Å²) >= 11 is 5.92. The number of nitrogens with zero attached hydrogens (tertiary/aromatic N) is 1. The van der Waals surface area contributed by atoms with Gasteiger partial charge < -0.3 is 15.2 Å². The number of carbonyl (C=O) groups excluding carboxylic acids is 2. The van der Waals surface area contributed by atoms with Crippen LogP contribution in [-0.2, 0) is 14.3 Å². The van der Waals surface area contributed by atoms with Crippen molar-refractivity contribution in [1.29, 1.82) is 0 Å². The topological polar surface area (TPSA) is 95.9 Å². The zero-order valence-electron chi connectivity index (χ0n) is 19.1. The van der Waals surface area contributed by atoms with E-state index in [1.165, 1.54) is 0 Å². The van der Waals surface area contributed by atoms with Crippen molar-refractivity contribution in [2.75, 3.05) is 18.1 Å². The third-order valence-corrected chi connectivity index (χ3v) is 6.29. The first-order valence-electron chi connectivity index (χ1n) is 11.3. The average Bonchev–Trinajstić information content (AvgIpc) is 3.18. The van der Waals surface area contributed by atoms with Crippen LogP contribution in [0.25, 0.3) is 11.1 Å². The fourth-order valence-electron chi connectivity index (χ4n) is 4.36. The standard InChI is InChI=1S/C27H25ClN2O5/c1-2-24(26(33)30(15-25(31)32)18-13-11-17(28)12-14-18)29-27(34)35-16-23-21-9-5-3-7-19(21)20-8-4-6-10-22(20)23/h3-14,23-24H,2,15-16H2,1H3,(H,29,34)(H,31,32)/t24-/m1/s1. The maximum atomic E-state index is 13.2. The molecule has 7 nitrogen and oxygen atoms in total. The van der Waals surface area contributed by atoms with Gasteiger partial charge in [0.05, 0.1) is 0 Å². The van der Waals surface area contributed by atoms with Crippen LogP contribution in [0.5, 0.6) is 0 Å². The van der Waals surface area contributed by atoms with Gasteiger partial charge in [0.25, 0.3) is 0 Å². The third-order valence-electron chi connectivity index (χ3n) is 6.04. The summed E-state index contributed by atoms with van der Waals surface area (Å²) in [5, 5.41) is 12.4. The van der Waals surface area contributed by atoms with Crippen LogP contribution >= 0.6 is 11.6 Å². The number of ether oxygens (including phenoxy) is 1. The molecule has 0 fully saturated rings. The van der Waals surface area contributed by atoms with Crippen LogP contribution in [0.15, 0.2) is 72.8 Å². The van der Waals surface area contributed by atoms with Crippen LogP contribution < -0.4 is 10.2 Å². The summed E-state index contributed by atoms with van der Waals surface area (Å²) in [6.45, 7) is 1.29. The molecule has 3 aromatic carbocycles. The van der Waals surface area contributed by atoms with E-state index in [0.29, 0.717) is 10.7 Å². The van der Waals surface area contributed by atoms with E-state index in [4.69, 9.17) is 16.3 Å². The van der Waals surface area contributed by atoms with Gasteiger partial charge in [0.2, 0.25) is 5.91 Å². The highest BCUT2D eigenvalue weighted by Crippen LogP contribution is 2.44.